The van der Waals surface area contributed by atoms with E-state index in [4.69, 9.17) is 0 Å². The number of hydrogen-bond acceptors (Lipinski definition) is 5. The van der Waals surface area contributed by atoms with E-state index in [-0.39, 0.29) is 11.8 Å². The normalized spacial score (nSPS) is 14.9. The zero-order valence-electron chi connectivity index (χ0n) is 19.9. The lowest BCUT2D eigenvalue weighted by Crippen LogP contribution is -2.40. The predicted molar refractivity (Wildman–Crippen MR) is 139 cm³/mol. The number of nitrogens with zero attached hydrogens (tertiary/aromatic N) is 2. The van der Waals surface area contributed by atoms with Gasteiger partial charge in [-0.15, -0.1) is 0 Å². The van der Waals surface area contributed by atoms with Gasteiger partial charge < -0.3 is 15.5 Å². The summed E-state index contributed by atoms with van der Waals surface area (Å²) in [5.74, 6) is 0.829. The maximum atomic E-state index is 12.3. The summed E-state index contributed by atoms with van der Waals surface area (Å²) >= 11 is 1.47. The number of carbonyl (C=O) groups excluding carboxylic acids is 2. The first-order valence-corrected chi connectivity index (χ1v) is 13.1. The van der Waals surface area contributed by atoms with Crippen LogP contribution in [0.15, 0.2) is 48.5 Å². The molecule has 7 heteroatoms. The van der Waals surface area contributed by atoms with Gasteiger partial charge in [0, 0.05) is 25.9 Å². The molecule has 2 aromatic carbocycles. The van der Waals surface area contributed by atoms with E-state index in [9.17, 15) is 9.59 Å². The number of rotatable bonds is 10. The lowest BCUT2D eigenvalue weighted by molar-refractivity contribution is -0.121. The van der Waals surface area contributed by atoms with Crippen LogP contribution in [-0.4, -0.2) is 47.9 Å². The molecule has 1 aliphatic rings. The summed E-state index contributed by atoms with van der Waals surface area (Å²) in [4.78, 5) is 30.8. The van der Waals surface area contributed by atoms with Gasteiger partial charge in [-0.3, -0.25) is 9.59 Å². The predicted octanol–water partition coefficient (Wildman–Crippen LogP) is 4.65. The average Bonchev–Trinajstić information content (AvgIpc) is 3.26. The number of benzene rings is 2. The molecule has 2 N–H and O–H groups in total. The molecule has 2 amide bonds. The second kappa shape index (κ2) is 12.1. The molecule has 0 aliphatic carbocycles. The summed E-state index contributed by atoms with van der Waals surface area (Å²) in [6.07, 6.45) is 5.24. The number of fused-ring (bicyclic) bond motifs is 1. The number of amides is 2. The Morgan fingerprint density at radius 2 is 1.85 bits per heavy atom. The summed E-state index contributed by atoms with van der Waals surface area (Å²) in [5.41, 5.74) is 3.42. The number of anilines is 1. The highest BCUT2D eigenvalue weighted by Gasteiger charge is 2.19. The first-order chi connectivity index (χ1) is 16.6. The van der Waals surface area contributed by atoms with E-state index in [1.807, 2.05) is 19.1 Å². The maximum absolute atomic E-state index is 12.3. The van der Waals surface area contributed by atoms with Crippen LogP contribution >= 0.6 is 11.3 Å². The van der Waals surface area contributed by atoms with Gasteiger partial charge in [-0.25, -0.2) is 4.98 Å². The molecule has 0 unspecified atom stereocenters. The Morgan fingerprint density at radius 3 is 2.62 bits per heavy atom. The van der Waals surface area contributed by atoms with Crippen molar-refractivity contribution in [1.82, 2.24) is 15.2 Å². The number of thiazole rings is 1. The summed E-state index contributed by atoms with van der Waals surface area (Å²) in [6, 6.07) is 16.8. The second-order valence-electron chi connectivity index (χ2n) is 9.05. The molecule has 0 radical (unpaired) electrons. The van der Waals surface area contributed by atoms with Crippen LogP contribution in [0.2, 0.25) is 0 Å². The van der Waals surface area contributed by atoms with Crippen molar-refractivity contribution < 1.29 is 9.59 Å². The lowest BCUT2D eigenvalue weighted by atomic mass is 9.90. The molecule has 1 aromatic heterocycles. The molecule has 1 saturated heterocycles. The van der Waals surface area contributed by atoms with Crippen LogP contribution in [0.3, 0.4) is 0 Å². The van der Waals surface area contributed by atoms with E-state index >= 15 is 0 Å². The summed E-state index contributed by atoms with van der Waals surface area (Å²) in [6.45, 7) is 5.67. The third-order valence-electron chi connectivity index (χ3n) is 6.49. The van der Waals surface area contributed by atoms with Gasteiger partial charge in [0.2, 0.25) is 11.8 Å². The SMILES string of the molecule is CCC(=O)Nc1nc2ccc(CCC(=O)NCCN3CCC(Cc4ccccc4)CC3)cc2s1. The Hall–Kier alpha value is -2.77. The van der Waals surface area contributed by atoms with Crippen molar-refractivity contribution in [3.8, 4) is 0 Å². The minimum Gasteiger partial charge on any atom is -0.355 e. The zero-order valence-corrected chi connectivity index (χ0v) is 20.7. The van der Waals surface area contributed by atoms with Crippen LogP contribution in [0.5, 0.6) is 0 Å². The minimum atomic E-state index is -0.0347. The number of carbonyl (C=O) groups is 2. The fourth-order valence-electron chi connectivity index (χ4n) is 4.45. The van der Waals surface area contributed by atoms with E-state index in [1.54, 1.807) is 0 Å². The fourth-order valence-corrected chi connectivity index (χ4v) is 5.39. The number of aryl methyl sites for hydroxylation is 1. The van der Waals surface area contributed by atoms with Crippen LogP contribution in [0.4, 0.5) is 5.13 Å². The fraction of sp³-hybridized carbons (Fsp3) is 0.444. The Balaban J connectivity index is 1.14. The van der Waals surface area contributed by atoms with Gasteiger partial charge in [-0.05, 0) is 68.0 Å². The van der Waals surface area contributed by atoms with E-state index in [2.05, 4.69) is 56.9 Å². The molecule has 0 bridgehead atoms. The number of piperidine rings is 1. The maximum Gasteiger partial charge on any atom is 0.225 e. The first kappa shape index (κ1) is 24.4. The van der Waals surface area contributed by atoms with Gasteiger partial charge in [0.15, 0.2) is 5.13 Å². The molecule has 1 fully saturated rings. The van der Waals surface area contributed by atoms with E-state index in [0.717, 1.165) is 41.3 Å². The number of aromatic nitrogens is 1. The third kappa shape index (κ3) is 7.11. The number of nitrogens with one attached hydrogen (secondary N) is 2. The largest absolute Gasteiger partial charge is 0.355 e. The van der Waals surface area contributed by atoms with Gasteiger partial charge >= 0.3 is 0 Å². The smallest absolute Gasteiger partial charge is 0.225 e. The van der Waals surface area contributed by atoms with Gasteiger partial charge in [0.25, 0.3) is 0 Å². The zero-order chi connectivity index (χ0) is 23.8. The van der Waals surface area contributed by atoms with Crippen molar-refractivity contribution in [3.05, 3.63) is 59.7 Å². The van der Waals surface area contributed by atoms with Crippen LogP contribution in [0.1, 0.15) is 43.7 Å². The molecular formula is C27H34N4O2S. The van der Waals surface area contributed by atoms with Crippen molar-refractivity contribution in [2.75, 3.05) is 31.5 Å². The first-order valence-electron chi connectivity index (χ1n) is 12.3. The quantitative estimate of drug-likeness (QED) is 0.445. The van der Waals surface area contributed by atoms with Crippen LogP contribution < -0.4 is 10.6 Å². The molecule has 4 rings (SSSR count). The summed E-state index contributed by atoms with van der Waals surface area (Å²) in [7, 11) is 0. The van der Waals surface area contributed by atoms with E-state index in [1.165, 1.54) is 36.2 Å². The minimum absolute atomic E-state index is 0.0347. The molecular weight excluding hydrogens is 444 g/mol. The van der Waals surface area contributed by atoms with Crippen molar-refractivity contribution in [2.45, 2.75) is 45.4 Å². The van der Waals surface area contributed by atoms with Gasteiger partial charge in [0.1, 0.15) is 0 Å². The standard InChI is InChI=1S/C27H34N4O2S/c1-2-25(32)30-27-29-23-10-8-21(19-24(23)34-27)9-11-26(33)28-14-17-31-15-12-22(13-16-31)18-20-6-4-3-5-7-20/h3-8,10,19,22H,2,9,11-18H2,1H3,(H,28,33)(H,29,30,32). The molecule has 0 saturated carbocycles. The molecule has 6 nitrogen and oxygen atoms in total. The topological polar surface area (TPSA) is 74.3 Å². The van der Waals surface area contributed by atoms with Crippen LogP contribution in [0.25, 0.3) is 10.2 Å². The van der Waals surface area contributed by atoms with E-state index < -0.39 is 0 Å². The van der Waals surface area contributed by atoms with Crippen LogP contribution in [0, 0.1) is 5.92 Å². The molecule has 34 heavy (non-hydrogen) atoms. The molecule has 3 aromatic rings. The van der Waals surface area contributed by atoms with Crippen molar-refractivity contribution in [3.63, 3.8) is 0 Å². The molecule has 0 spiro atoms. The van der Waals surface area contributed by atoms with Gasteiger partial charge in [0.05, 0.1) is 10.2 Å². The highest BCUT2D eigenvalue weighted by atomic mass is 32.1. The molecule has 180 valence electrons. The molecule has 0 atom stereocenters. The van der Waals surface area contributed by atoms with Gasteiger partial charge in [-0.2, -0.15) is 0 Å². The van der Waals surface area contributed by atoms with Crippen LogP contribution in [-0.2, 0) is 22.4 Å². The summed E-state index contributed by atoms with van der Waals surface area (Å²) < 4.78 is 1.03. The monoisotopic (exact) mass is 478 g/mol. The third-order valence-corrected chi connectivity index (χ3v) is 7.42. The lowest BCUT2D eigenvalue weighted by Gasteiger charge is -2.32. The van der Waals surface area contributed by atoms with Gasteiger partial charge in [-0.1, -0.05) is 54.7 Å². The van der Waals surface area contributed by atoms with Crippen molar-refractivity contribution >= 4 is 38.5 Å². The highest BCUT2D eigenvalue weighted by molar-refractivity contribution is 7.22. The van der Waals surface area contributed by atoms with Crippen molar-refractivity contribution in [1.29, 1.82) is 0 Å². The highest BCUT2D eigenvalue weighted by Crippen LogP contribution is 2.27. The summed E-state index contributed by atoms with van der Waals surface area (Å²) in [5, 5.41) is 6.52. The Morgan fingerprint density at radius 1 is 1.06 bits per heavy atom. The number of hydrogen-bond donors (Lipinski definition) is 2. The Bertz CT molecular complexity index is 1090. The molecule has 2 heterocycles. The Labute approximate surface area is 205 Å². The van der Waals surface area contributed by atoms with Crippen molar-refractivity contribution in [2.24, 2.45) is 5.92 Å². The van der Waals surface area contributed by atoms with E-state index in [0.29, 0.717) is 30.9 Å². The molecule has 1 aliphatic heterocycles. The Kier molecular flexibility index (Phi) is 8.66. The average molecular weight is 479 g/mol. The second-order valence-corrected chi connectivity index (χ2v) is 10.1. The number of likely N-dealkylation sites (tertiary alicyclic amines) is 1.